The molecule has 0 aromatic heterocycles. The molecule has 1 aromatic rings. The number of aliphatic hydroxyl groups excluding tert-OH is 1. The van der Waals surface area contributed by atoms with Gasteiger partial charge >= 0.3 is 0 Å². The smallest absolute Gasteiger partial charge is 0.120 e. The van der Waals surface area contributed by atoms with Gasteiger partial charge in [0.2, 0.25) is 0 Å². The predicted molar refractivity (Wildman–Crippen MR) is 86.1 cm³/mol. The summed E-state index contributed by atoms with van der Waals surface area (Å²) in [6.45, 7) is 6.41. The molecular formula is C16H25ClN2O2. The van der Waals surface area contributed by atoms with Crippen molar-refractivity contribution in [2.75, 3.05) is 32.8 Å². The lowest BCUT2D eigenvalue weighted by Crippen LogP contribution is -2.42. The van der Waals surface area contributed by atoms with Crippen LogP contribution in [0.15, 0.2) is 24.3 Å². The molecular weight excluding hydrogens is 288 g/mol. The predicted octanol–water partition coefficient (Wildman–Crippen LogP) is 2.15. The van der Waals surface area contributed by atoms with Gasteiger partial charge in [0, 0.05) is 24.2 Å². The Bertz CT molecular complexity index is 424. The Balaban J connectivity index is 1.61. The summed E-state index contributed by atoms with van der Waals surface area (Å²) in [4.78, 5) is 2.46. The summed E-state index contributed by atoms with van der Waals surface area (Å²) < 4.78 is 5.53. The molecule has 2 rings (SSSR count). The van der Waals surface area contributed by atoms with Crippen LogP contribution in [0.3, 0.4) is 0 Å². The highest BCUT2D eigenvalue weighted by molar-refractivity contribution is 6.30. The SMILES string of the molecule is CC(CN1CCCC1)NCC(O)COc1cccc(Cl)c1. The molecule has 1 heterocycles. The van der Waals surface area contributed by atoms with Crippen LogP contribution in [0, 0.1) is 0 Å². The van der Waals surface area contributed by atoms with Crippen LogP contribution in [-0.4, -0.2) is 54.9 Å². The maximum absolute atomic E-state index is 9.96. The van der Waals surface area contributed by atoms with E-state index in [4.69, 9.17) is 16.3 Å². The maximum Gasteiger partial charge on any atom is 0.120 e. The van der Waals surface area contributed by atoms with E-state index >= 15 is 0 Å². The Morgan fingerprint density at radius 3 is 2.86 bits per heavy atom. The van der Waals surface area contributed by atoms with Gasteiger partial charge in [-0.2, -0.15) is 0 Å². The molecule has 0 amide bonds. The topological polar surface area (TPSA) is 44.7 Å². The molecule has 1 fully saturated rings. The second-order valence-electron chi connectivity index (χ2n) is 5.74. The second kappa shape index (κ2) is 8.59. The summed E-state index contributed by atoms with van der Waals surface area (Å²) in [7, 11) is 0. The van der Waals surface area contributed by atoms with Crippen LogP contribution in [0.4, 0.5) is 0 Å². The zero-order valence-corrected chi connectivity index (χ0v) is 13.4. The van der Waals surface area contributed by atoms with Gasteiger partial charge in [0.1, 0.15) is 18.5 Å². The molecule has 5 heteroatoms. The number of halogens is 1. The first-order valence-corrected chi connectivity index (χ1v) is 8.03. The van der Waals surface area contributed by atoms with Crippen LogP contribution in [0.1, 0.15) is 19.8 Å². The summed E-state index contributed by atoms with van der Waals surface area (Å²) in [5.74, 6) is 0.687. The van der Waals surface area contributed by atoms with E-state index in [9.17, 15) is 5.11 Å². The highest BCUT2D eigenvalue weighted by Crippen LogP contribution is 2.17. The molecule has 0 spiro atoms. The fourth-order valence-corrected chi connectivity index (χ4v) is 2.74. The molecule has 21 heavy (non-hydrogen) atoms. The minimum atomic E-state index is -0.523. The zero-order valence-electron chi connectivity index (χ0n) is 12.6. The van der Waals surface area contributed by atoms with Crippen LogP contribution in [-0.2, 0) is 0 Å². The average molecular weight is 313 g/mol. The average Bonchev–Trinajstić information content (AvgIpc) is 2.96. The van der Waals surface area contributed by atoms with Gasteiger partial charge in [-0.15, -0.1) is 0 Å². The zero-order chi connectivity index (χ0) is 15.1. The van der Waals surface area contributed by atoms with E-state index in [2.05, 4.69) is 17.1 Å². The third-order valence-corrected chi connectivity index (χ3v) is 3.91. The van der Waals surface area contributed by atoms with E-state index in [-0.39, 0.29) is 6.61 Å². The van der Waals surface area contributed by atoms with E-state index in [1.807, 2.05) is 12.1 Å². The first-order chi connectivity index (χ1) is 10.1. The van der Waals surface area contributed by atoms with Crippen LogP contribution in [0.5, 0.6) is 5.75 Å². The number of hydrogen-bond acceptors (Lipinski definition) is 4. The molecule has 1 aliphatic heterocycles. The van der Waals surface area contributed by atoms with Crippen molar-refractivity contribution in [1.29, 1.82) is 0 Å². The molecule has 0 saturated carbocycles. The summed E-state index contributed by atoms with van der Waals surface area (Å²) in [5.41, 5.74) is 0. The number of aliphatic hydroxyl groups is 1. The van der Waals surface area contributed by atoms with Crippen molar-refractivity contribution in [1.82, 2.24) is 10.2 Å². The normalized spacial score (nSPS) is 18.6. The minimum Gasteiger partial charge on any atom is -0.491 e. The lowest BCUT2D eigenvalue weighted by atomic mass is 10.3. The van der Waals surface area contributed by atoms with Gasteiger partial charge in [-0.1, -0.05) is 17.7 Å². The van der Waals surface area contributed by atoms with Gasteiger partial charge < -0.3 is 20.1 Å². The number of hydrogen-bond donors (Lipinski definition) is 2. The van der Waals surface area contributed by atoms with Crippen molar-refractivity contribution in [2.24, 2.45) is 0 Å². The Kier molecular flexibility index (Phi) is 6.77. The van der Waals surface area contributed by atoms with Gasteiger partial charge in [-0.3, -0.25) is 0 Å². The Morgan fingerprint density at radius 2 is 2.14 bits per heavy atom. The summed E-state index contributed by atoms with van der Waals surface area (Å²) in [5, 5.41) is 14.0. The number of nitrogens with zero attached hydrogens (tertiary/aromatic N) is 1. The van der Waals surface area contributed by atoms with E-state index in [1.54, 1.807) is 12.1 Å². The Hall–Kier alpha value is -0.810. The molecule has 0 aliphatic carbocycles. The van der Waals surface area contributed by atoms with Gasteiger partial charge in [0.05, 0.1) is 0 Å². The standard InChI is InChI=1S/C16H25ClN2O2/c1-13(11-19-7-2-3-8-19)18-10-15(20)12-21-16-6-4-5-14(17)9-16/h4-6,9,13,15,18,20H,2-3,7-8,10-12H2,1H3. The number of rotatable bonds is 8. The third-order valence-electron chi connectivity index (χ3n) is 3.67. The van der Waals surface area contributed by atoms with Crippen molar-refractivity contribution in [3.8, 4) is 5.75 Å². The number of likely N-dealkylation sites (tertiary alicyclic amines) is 1. The fourth-order valence-electron chi connectivity index (χ4n) is 2.56. The molecule has 4 nitrogen and oxygen atoms in total. The van der Waals surface area contributed by atoms with Gasteiger partial charge in [-0.05, 0) is 51.1 Å². The summed E-state index contributed by atoms with van der Waals surface area (Å²) in [6.07, 6.45) is 2.09. The van der Waals surface area contributed by atoms with Crippen molar-refractivity contribution in [2.45, 2.75) is 31.9 Å². The lowest BCUT2D eigenvalue weighted by molar-refractivity contribution is 0.102. The molecule has 2 unspecified atom stereocenters. The molecule has 1 aromatic carbocycles. The minimum absolute atomic E-state index is 0.268. The molecule has 1 saturated heterocycles. The van der Waals surface area contributed by atoms with E-state index in [0.29, 0.717) is 23.4 Å². The van der Waals surface area contributed by atoms with E-state index in [1.165, 1.54) is 25.9 Å². The molecule has 0 bridgehead atoms. The Labute approximate surface area is 132 Å². The molecule has 0 radical (unpaired) electrons. The van der Waals surface area contributed by atoms with Gasteiger partial charge in [0.25, 0.3) is 0 Å². The van der Waals surface area contributed by atoms with Crippen LogP contribution < -0.4 is 10.1 Å². The number of benzene rings is 1. The molecule has 2 N–H and O–H groups in total. The van der Waals surface area contributed by atoms with Crippen LogP contribution in [0.25, 0.3) is 0 Å². The molecule has 118 valence electrons. The van der Waals surface area contributed by atoms with Crippen molar-refractivity contribution < 1.29 is 9.84 Å². The monoisotopic (exact) mass is 312 g/mol. The second-order valence-corrected chi connectivity index (χ2v) is 6.18. The quantitative estimate of drug-likeness (QED) is 0.772. The lowest BCUT2D eigenvalue weighted by Gasteiger charge is -2.22. The molecule has 2 atom stereocenters. The largest absolute Gasteiger partial charge is 0.491 e. The van der Waals surface area contributed by atoms with Crippen molar-refractivity contribution >= 4 is 11.6 Å². The van der Waals surface area contributed by atoms with Gasteiger partial charge in [0.15, 0.2) is 0 Å². The first kappa shape index (κ1) is 16.6. The van der Waals surface area contributed by atoms with E-state index < -0.39 is 6.10 Å². The maximum atomic E-state index is 9.96. The summed E-state index contributed by atoms with van der Waals surface area (Å²) in [6, 6.07) is 7.59. The highest BCUT2D eigenvalue weighted by atomic mass is 35.5. The summed E-state index contributed by atoms with van der Waals surface area (Å²) >= 11 is 5.88. The number of ether oxygens (including phenoxy) is 1. The van der Waals surface area contributed by atoms with E-state index in [0.717, 1.165) is 6.54 Å². The fraction of sp³-hybridized carbons (Fsp3) is 0.625. The first-order valence-electron chi connectivity index (χ1n) is 7.65. The highest BCUT2D eigenvalue weighted by Gasteiger charge is 2.15. The van der Waals surface area contributed by atoms with Crippen LogP contribution in [0.2, 0.25) is 5.02 Å². The van der Waals surface area contributed by atoms with Crippen molar-refractivity contribution in [3.05, 3.63) is 29.3 Å². The van der Waals surface area contributed by atoms with Crippen LogP contribution >= 0.6 is 11.6 Å². The van der Waals surface area contributed by atoms with Crippen molar-refractivity contribution in [3.63, 3.8) is 0 Å². The van der Waals surface area contributed by atoms with Gasteiger partial charge in [-0.25, -0.2) is 0 Å². The third kappa shape index (κ3) is 6.22. The Morgan fingerprint density at radius 1 is 1.38 bits per heavy atom. The molecule has 1 aliphatic rings. The number of nitrogens with one attached hydrogen (secondary N) is 1.